The van der Waals surface area contributed by atoms with E-state index in [0.717, 1.165) is 4.90 Å². The van der Waals surface area contributed by atoms with Crippen LogP contribution in [0.2, 0.25) is 0 Å². The molecule has 4 heteroatoms. The van der Waals surface area contributed by atoms with Crippen LogP contribution in [0.1, 0.15) is 13.8 Å². The van der Waals surface area contributed by atoms with Gasteiger partial charge in [0.1, 0.15) is 5.75 Å². The number of hydrogen-bond donors (Lipinski definition) is 1. The Morgan fingerprint density at radius 3 is 2.75 bits per heavy atom. The van der Waals surface area contributed by atoms with Gasteiger partial charge >= 0.3 is 5.97 Å². The van der Waals surface area contributed by atoms with Crippen molar-refractivity contribution in [3.63, 3.8) is 0 Å². The fraction of sp³-hybridized carbons (Fsp3) is 0.417. The fourth-order valence-electron chi connectivity index (χ4n) is 1.17. The molecule has 1 N–H and O–H groups in total. The molecule has 0 aromatic heterocycles. The van der Waals surface area contributed by atoms with Gasteiger partial charge in [-0.25, -0.2) is 0 Å². The van der Waals surface area contributed by atoms with Crippen molar-refractivity contribution in [1.82, 2.24) is 0 Å². The highest BCUT2D eigenvalue weighted by Gasteiger charge is 2.28. The Morgan fingerprint density at radius 1 is 1.50 bits per heavy atom. The predicted molar refractivity (Wildman–Crippen MR) is 64.6 cm³/mol. The Labute approximate surface area is 99.8 Å². The molecule has 0 amide bonds. The third-order valence-corrected chi connectivity index (χ3v) is 3.61. The van der Waals surface area contributed by atoms with Crippen LogP contribution in [0.15, 0.2) is 29.2 Å². The Morgan fingerprint density at radius 2 is 2.19 bits per heavy atom. The first-order valence-corrected chi connectivity index (χ1v) is 5.94. The lowest BCUT2D eigenvalue weighted by atomic mass is 9.97. The van der Waals surface area contributed by atoms with Gasteiger partial charge < -0.3 is 9.84 Å². The number of phenolic OH excluding ortho intramolecular Hbond substituents is 1. The molecule has 0 saturated carbocycles. The second-order valence-electron chi connectivity index (χ2n) is 4.16. The van der Waals surface area contributed by atoms with Gasteiger partial charge in [0.15, 0.2) is 0 Å². The second kappa shape index (κ2) is 5.25. The summed E-state index contributed by atoms with van der Waals surface area (Å²) in [6.45, 7) is 3.68. The lowest BCUT2D eigenvalue weighted by Crippen LogP contribution is -2.28. The molecule has 1 aromatic rings. The number of phenols is 1. The molecule has 88 valence electrons. The molecule has 3 nitrogen and oxygen atoms in total. The van der Waals surface area contributed by atoms with E-state index >= 15 is 0 Å². The van der Waals surface area contributed by atoms with Crippen molar-refractivity contribution in [1.29, 1.82) is 0 Å². The molecule has 0 heterocycles. The first-order valence-electron chi connectivity index (χ1n) is 4.96. The van der Waals surface area contributed by atoms with Gasteiger partial charge in [0.2, 0.25) is 0 Å². The number of carbonyl (C=O) groups is 1. The van der Waals surface area contributed by atoms with Crippen LogP contribution in [-0.2, 0) is 9.53 Å². The van der Waals surface area contributed by atoms with Gasteiger partial charge in [0, 0.05) is 10.6 Å². The van der Waals surface area contributed by atoms with Crippen LogP contribution in [0.25, 0.3) is 0 Å². The van der Waals surface area contributed by atoms with Crippen LogP contribution < -0.4 is 0 Å². The number of benzene rings is 1. The Balaban J connectivity index is 2.61. The molecule has 0 atom stereocenters. The normalized spacial score (nSPS) is 11.2. The minimum atomic E-state index is -0.523. The molecular formula is C12H16O3S. The zero-order chi connectivity index (χ0) is 12.2. The van der Waals surface area contributed by atoms with Crippen molar-refractivity contribution >= 4 is 17.7 Å². The van der Waals surface area contributed by atoms with Crippen LogP contribution in [0.4, 0.5) is 0 Å². The van der Waals surface area contributed by atoms with Crippen LogP contribution in [0, 0.1) is 5.41 Å². The molecule has 0 fully saturated rings. The Kier molecular flexibility index (Phi) is 4.24. The molecule has 0 aliphatic heterocycles. The van der Waals surface area contributed by atoms with Gasteiger partial charge in [0.25, 0.3) is 0 Å². The highest BCUT2D eigenvalue weighted by molar-refractivity contribution is 7.99. The third kappa shape index (κ3) is 3.45. The van der Waals surface area contributed by atoms with Crippen molar-refractivity contribution in [3.05, 3.63) is 24.3 Å². The summed E-state index contributed by atoms with van der Waals surface area (Å²) in [7, 11) is 1.39. The lowest BCUT2D eigenvalue weighted by molar-refractivity contribution is -0.149. The Hall–Kier alpha value is -1.16. The van der Waals surface area contributed by atoms with Gasteiger partial charge in [-0.2, -0.15) is 0 Å². The van der Waals surface area contributed by atoms with Gasteiger partial charge in [-0.1, -0.05) is 6.07 Å². The van der Waals surface area contributed by atoms with E-state index in [1.807, 2.05) is 19.9 Å². The van der Waals surface area contributed by atoms with E-state index in [2.05, 4.69) is 0 Å². The number of thioether (sulfide) groups is 1. The highest BCUT2D eigenvalue weighted by Crippen LogP contribution is 2.29. The quantitative estimate of drug-likeness (QED) is 0.649. The molecule has 0 spiro atoms. The third-order valence-electron chi connectivity index (χ3n) is 2.16. The summed E-state index contributed by atoms with van der Waals surface area (Å²) in [6, 6.07) is 6.98. The van der Waals surface area contributed by atoms with Gasteiger partial charge in [-0.15, -0.1) is 11.8 Å². The summed E-state index contributed by atoms with van der Waals surface area (Å²) < 4.78 is 4.73. The molecule has 0 aliphatic carbocycles. The number of aromatic hydroxyl groups is 1. The van der Waals surface area contributed by atoms with E-state index in [4.69, 9.17) is 4.74 Å². The van der Waals surface area contributed by atoms with Crippen molar-refractivity contribution in [2.45, 2.75) is 18.7 Å². The van der Waals surface area contributed by atoms with Gasteiger partial charge in [0.05, 0.1) is 12.5 Å². The first kappa shape index (κ1) is 12.9. The number of ether oxygens (including phenoxy) is 1. The fourth-order valence-corrected chi connectivity index (χ4v) is 2.20. The molecule has 0 unspecified atom stereocenters. The zero-order valence-corrected chi connectivity index (χ0v) is 10.5. The van der Waals surface area contributed by atoms with E-state index in [9.17, 15) is 9.90 Å². The van der Waals surface area contributed by atoms with E-state index in [-0.39, 0.29) is 11.7 Å². The van der Waals surface area contributed by atoms with E-state index in [1.165, 1.54) is 18.9 Å². The zero-order valence-electron chi connectivity index (χ0n) is 9.69. The molecule has 0 radical (unpaired) electrons. The average molecular weight is 240 g/mol. The van der Waals surface area contributed by atoms with Crippen LogP contribution in [0.3, 0.4) is 0 Å². The summed E-state index contributed by atoms with van der Waals surface area (Å²) in [6.07, 6.45) is 0. The summed E-state index contributed by atoms with van der Waals surface area (Å²) in [5.74, 6) is 0.629. The standard InChI is InChI=1S/C12H16O3S/c1-12(2,11(14)15-3)8-16-10-6-4-5-9(13)7-10/h4-7,13H,8H2,1-3H3. The lowest BCUT2D eigenvalue weighted by Gasteiger charge is -2.20. The predicted octanol–water partition coefficient (Wildman–Crippen LogP) is 2.68. The maximum Gasteiger partial charge on any atom is 0.312 e. The second-order valence-corrected chi connectivity index (χ2v) is 5.21. The first-order chi connectivity index (χ1) is 7.45. The monoisotopic (exact) mass is 240 g/mol. The van der Waals surface area contributed by atoms with Crippen LogP contribution >= 0.6 is 11.8 Å². The number of esters is 1. The van der Waals surface area contributed by atoms with E-state index < -0.39 is 5.41 Å². The molecule has 0 bridgehead atoms. The van der Waals surface area contributed by atoms with Gasteiger partial charge in [-0.3, -0.25) is 4.79 Å². The van der Waals surface area contributed by atoms with Crippen LogP contribution in [-0.4, -0.2) is 23.9 Å². The SMILES string of the molecule is COC(=O)C(C)(C)CSc1cccc(O)c1. The molecular weight excluding hydrogens is 224 g/mol. The average Bonchev–Trinajstić information content (AvgIpc) is 2.25. The minimum absolute atomic E-state index is 0.222. The summed E-state index contributed by atoms with van der Waals surface area (Å²) in [5.41, 5.74) is -0.523. The Bertz CT molecular complexity index is 374. The minimum Gasteiger partial charge on any atom is -0.508 e. The van der Waals surface area contributed by atoms with Crippen molar-refractivity contribution in [2.24, 2.45) is 5.41 Å². The molecule has 1 rings (SSSR count). The van der Waals surface area contributed by atoms with Crippen molar-refractivity contribution in [3.8, 4) is 5.75 Å². The smallest absolute Gasteiger partial charge is 0.312 e. The largest absolute Gasteiger partial charge is 0.508 e. The molecule has 16 heavy (non-hydrogen) atoms. The van der Waals surface area contributed by atoms with E-state index in [0.29, 0.717) is 5.75 Å². The number of hydrogen-bond acceptors (Lipinski definition) is 4. The maximum atomic E-state index is 11.4. The highest BCUT2D eigenvalue weighted by atomic mass is 32.2. The van der Waals surface area contributed by atoms with Gasteiger partial charge in [-0.05, 0) is 32.0 Å². The maximum absolute atomic E-state index is 11.4. The number of carbonyl (C=O) groups excluding carboxylic acids is 1. The summed E-state index contributed by atoms with van der Waals surface area (Å²) in [4.78, 5) is 12.4. The number of methoxy groups -OCH3 is 1. The van der Waals surface area contributed by atoms with Crippen LogP contribution in [0.5, 0.6) is 5.75 Å². The van der Waals surface area contributed by atoms with E-state index in [1.54, 1.807) is 18.2 Å². The van der Waals surface area contributed by atoms with Crippen molar-refractivity contribution < 1.29 is 14.6 Å². The van der Waals surface area contributed by atoms with Crippen molar-refractivity contribution in [2.75, 3.05) is 12.9 Å². The molecule has 1 aromatic carbocycles. The topological polar surface area (TPSA) is 46.5 Å². The summed E-state index contributed by atoms with van der Waals surface area (Å²) >= 11 is 1.52. The molecule has 0 aliphatic rings. The molecule has 0 saturated heterocycles. The number of rotatable bonds is 4. The summed E-state index contributed by atoms with van der Waals surface area (Å²) in [5, 5.41) is 9.29.